The van der Waals surface area contributed by atoms with Gasteiger partial charge >= 0.3 is 0 Å². The first-order chi connectivity index (χ1) is 10.9. The summed E-state index contributed by atoms with van der Waals surface area (Å²) in [5.74, 6) is -0.202. The number of hydrogen-bond donors (Lipinski definition) is 1. The number of carbonyl (C=O) groups is 1. The van der Waals surface area contributed by atoms with Gasteiger partial charge in [0.2, 0.25) is 15.9 Å². The molecule has 0 aliphatic carbocycles. The molecule has 7 nitrogen and oxygen atoms in total. The van der Waals surface area contributed by atoms with Crippen molar-refractivity contribution < 1.29 is 17.9 Å². The molecule has 8 heteroatoms. The quantitative estimate of drug-likeness (QED) is 0.785. The minimum absolute atomic E-state index is 0.00653. The van der Waals surface area contributed by atoms with E-state index in [2.05, 4.69) is 4.98 Å². The number of ether oxygens (including phenoxy) is 1. The Morgan fingerprint density at radius 2 is 2.26 bits per heavy atom. The van der Waals surface area contributed by atoms with Gasteiger partial charge < -0.3 is 9.64 Å². The van der Waals surface area contributed by atoms with E-state index in [0.29, 0.717) is 19.7 Å². The van der Waals surface area contributed by atoms with Crippen molar-refractivity contribution >= 4 is 15.9 Å². The number of primary sulfonamides is 1. The van der Waals surface area contributed by atoms with Crippen molar-refractivity contribution in [2.45, 2.75) is 38.4 Å². The highest BCUT2D eigenvalue weighted by atomic mass is 32.2. The molecule has 2 N–H and O–H groups in total. The van der Waals surface area contributed by atoms with Gasteiger partial charge in [0.05, 0.1) is 24.2 Å². The minimum Gasteiger partial charge on any atom is -0.370 e. The molecule has 2 rings (SSSR count). The summed E-state index contributed by atoms with van der Waals surface area (Å²) in [7, 11) is -3.50. The summed E-state index contributed by atoms with van der Waals surface area (Å²) in [6.45, 7) is 1.66. The Kier molecular flexibility index (Phi) is 6.49. The third-order valence-corrected chi connectivity index (χ3v) is 4.60. The molecule has 2 heterocycles. The SMILES string of the molecule is NS(=O)(=O)CCCC(=O)N1CCCC(OCc2ccccn2)C1. The van der Waals surface area contributed by atoms with E-state index in [9.17, 15) is 13.2 Å². The molecule has 0 saturated carbocycles. The number of pyridine rings is 1. The fraction of sp³-hybridized carbons (Fsp3) is 0.600. The molecule has 1 atom stereocenters. The standard InChI is InChI=1S/C15H23N3O4S/c16-23(20,21)10-4-7-15(19)18-9-3-6-14(11-18)22-12-13-5-1-2-8-17-13/h1-2,5,8,14H,3-4,6-7,9-12H2,(H2,16,20,21). The maximum atomic E-state index is 12.1. The highest BCUT2D eigenvalue weighted by molar-refractivity contribution is 7.89. The number of carbonyl (C=O) groups excluding carboxylic acids is 1. The third kappa shape index (κ3) is 6.64. The van der Waals surface area contributed by atoms with Crippen LogP contribution in [0, 0.1) is 0 Å². The normalized spacial score (nSPS) is 18.8. The zero-order chi connectivity index (χ0) is 16.7. The highest BCUT2D eigenvalue weighted by Crippen LogP contribution is 2.16. The van der Waals surface area contributed by atoms with Crippen LogP contribution < -0.4 is 5.14 Å². The van der Waals surface area contributed by atoms with Crippen LogP contribution in [0.1, 0.15) is 31.4 Å². The van der Waals surface area contributed by atoms with Gasteiger partial charge in [-0.2, -0.15) is 0 Å². The second kappa shape index (κ2) is 8.37. The summed E-state index contributed by atoms with van der Waals surface area (Å²) in [4.78, 5) is 18.1. The Bertz CT molecular complexity index is 606. The smallest absolute Gasteiger partial charge is 0.222 e. The lowest BCUT2D eigenvalue weighted by atomic mass is 10.1. The van der Waals surface area contributed by atoms with E-state index < -0.39 is 10.0 Å². The van der Waals surface area contributed by atoms with Crippen molar-refractivity contribution in [3.63, 3.8) is 0 Å². The Hall–Kier alpha value is -1.51. The highest BCUT2D eigenvalue weighted by Gasteiger charge is 2.24. The zero-order valence-electron chi connectivity index (χ0n) is 13.1. The third-order valence-electron chi connectivity index (χ3n) is 3.74. The van der Waals surface area contributed by atoms with Crippen LogP contribution in [0.25, 0.3) is 0 Å². The summed E-state index contributed by atoms with van der Waals surface area (Å²) in [5, 5.41) is 4.94. The van der Waals surface area contributed by atoms with Crippen LogP contribution in [0.2, 0.25) is 0 Å². The van der Waals surface area contributed by atoms with E-state index in [4.69, 9.17) is 9.88 Å². The fourth-order valence-corrected chi connectivity index (χ4v) is 3.12. The van der Waals surface area contributed by atoms with Crippen LogP contribution in [0.5, 0.6) is 0 Å². The van der Waals surface area contributed by atoms with Gasteiger partial charge in [-0.3, -0.25) is 9.78 Å². The van der Waals surface area contributed by atoms with Crippen molar-refractivity contribution in [2.75, 3.05) is 18.8 Å². The van der Waals surface area contributed by atoms with E-state index in [1.54, 1.807) is 11.1 Å². The van der Waals surface area contributed by atoms with Gasteiger partial charge in [-0.25, -0.2) is 13.6 Å². The molecule has 1 aliphatic heterocycles. The Labute approximate surface area is 136 Å². The fourth-order valence-electron chi connectivity index (χ4n) is 2.57. The van der Waals surface area contributed by atoms with E-state index in [-0.39, 0.29) is 30.6 Å². The van der Waals surface area contributed by atoms with Crippen molar-refractivity contribution in [3.05, 3.63) is 30.1 Å². The molecule has 1 fully saturated rings. The average Bonchev–Trinajstić information content (AvgIpc) is 2.53. The first-order valence-electron chi connectivity index (χ1n) is 7.74. The van der Waals surface area contributed by atoms with Crippen LogP contribution in [0.3, 0.4) is 0 Å². The minimum atomic E-state index is -3.50. The van der Waals surface area contributed by atoms with Crippen molar-refractivity contribution in [1.82, 2.24) is 9.88 Å². The van der Waals surface area contributed by atoms with Crippen LogP contribution >= 0.6 is 0 Å². The van der Waals surface area contributed by atoms with Gasteiger partial charge in [0.1, 0.15) is 0 Å². The predicted molar refractivity (Wildman–Crippen MR) is 85.8 cm³/mol. The lowest BCUT2D eigenvalue weighted by molar-refractivity contribution is -0.135. The van der Waals surface area contributed by atoms with Crippen LogP contribution in [0.15, 0.2) is 24.4 Å². The number of aromatic nitrogens is 1. The monoisotopic (exact) mass is 341 g/mol. The summed E-state index contributed by atoms with van der Waals surface area (Å²) in [6, 6.07) is 5.67. The Balaban J connectivity index is 1.75. The number of likely N-dealkylation sites (tertiary alicyclic amines) is 1. The van der Waals surface area contributed by atoms with Gasteiger partial charge in [0.15, 0.2) is 0 Å². The first-order valence-corrected chi connectivity index (χ1v) is 9.45. The van der Waals surface area contributed by atoms with E-state index in [1.165, 1.54) is 0 Å². The number of rotatable bonds is 7. The molecule has 1 saturated heterocycles. The lowest BCUT2D eigenvalue weighted by Crippen LogP contribution is -2.43. The molecule has 23 heavy (non-hydrogen) atoms. The van der Waals surface area contributed by atoms with E-state index in [1.807, 2.05) is 18.2 Å². The number of nitrogens with two attached hydrogens (primary N) is 1. The van der Waals surface area contributed by atoms with Gasteiger partial charge in [0, 0.05) is 25.7 Å². The Morgan fingerprint density at radius 3 is 2.96 bits per heavy atom. The van der Waals surface area contributed by atoms with Gasteiger partial charge in [-0.05, 0) is 31.4 Å². The summed E-state index contributed by atoms with van der Waals surface area (Å²) in [5.41, 5.74) is 0.865. The molecule has 0 radical (unpaired) electrons. The van der Waals surface area contributed by atoms with Crippen LogP contribution in [0.4, 0.5) is 0 Å². The zero-order valence-corrected chi connectivity index (χ0v) is 13.9. The molecule has 128 valence electrons. The average molecular weight is 341 g/mol. The molecular weight excluding hydrogens is 318 g/mol. The second-order valence-corrected chi connectivity index (χ2v) is 7.44. The number of piperidine rings is 1. The molecule has 1 aliphatic rings. The van der Waals surface area contributed by atoms with Crippen LogP contribution in [-0.4, -0.2) is 49.2 Å². The van der Waals surface area contributed by atoms with Gasteiger partial charge in [-0.15, -0.1) is 0 Å². The molecule has 1 aromatic heterocycles. The van der Waals surface area contributed by atoms with Crippen molar-refractivity contribution in [2.24, 2.45) is 5.14 Å². The summed E-state index contributed by atoms with van der Waals surface area (Å²) in [6.07, 6.45) is 3.97. The predicted octanol–water partition coefficient (Wildman–Crippen LogP) is 0.658. The molecule has 0 aromatic carbocycles. The number of nitrogens with zero attached hydrogens (tertiary/aromatic N) is 2. The number of hydrogen-bond acceptors (Lipinski definition) is 5. The summed E-state index contributed by atoms with van der Waals surface area (Å²) < 4.78 is 27.6. The lowest BCUT2D eigenvalue weighted by Gasteiger charge is -2.32. The topological polar surface area (TPSA) is 103 Å². The maximum absolute atomic E-state index is 12.1. The first kappa shape index (κ1) is 17.8. The molecule has 0 spiro atoms. The van der Waals surface area contributed by atoms with Crippen LogP contribution in [-0.2, 0) is 26.2 Å². The molecular formula is C15H23N3O4S. The molecule has 1 unspecified atom stereocenters. The molecule has 1 amide bonds. The number of amides is 1. The molecule has 0 bridgehead atoms. The van der Waals surface area contributed by atoms with Crippen molar-refractivity contribution in [1.29, 1.82) is 0 Å². The van der Waals surface area contributed by atoms with E-state index >= 15 is 0 Å². The van der Waals surface area contributed by atoms with Crippen molar-refractivity contribution in [3.8, 4) is 0 Å². The van der Waals surface area contributed by atoms with E-state index in [0.717, 1.165) is 18.5 Å². The maximum Gasteiger partial charge on any atom is 0.222 e. The number of sulfonamides is 1. The Morgan fingerprint density at radius 1 is 1.43 bits per heavy atom. The largest absolute Gasteiger partial charge is 0.370 e. The summed E-state index contributed by atoms with van der Waals surface area (Å²) >= 11 is 0. The van der Waals surface area contributed by atoms with Gasteiger partial charge in [0.25, 0.3) is 0 Å². The van der Waals surface area contributed by atoms with Gasteiger partial charge in [-0.1, -0.05) is 6.07 Å². The molecule has 1 aromatic rings. The second-order valence-electron chi connectivity index (χ2n) is 5.71.